The Bertz CT molecular complexity index is 748. The van der Waals surface area contributed by atoms with Crippen molar-refractivity contribution >= 4 is 15.7 Å². The van der Waals surface area contributed by atoms with Gasteiger partial charge in [-0.15, -0.1) is 0 Å². The summed E-state index contributed by atoms with van der Waals surface area (Å²) in [5.74, 6) is -0.494. The summed E-state index contributed by atoms with van der Waals surface area (Å²) < 4.78 is 45.6. The maximum Gasteiger partial charge on any atom is 0.265 e. The van der Waals surface area contributed by atoms with E-state index in [1.165, 1.54) is 43.5 Å². The van der Waals surface area contributed by atoms with Gasteiger partial charge in [0.15, 0.2) is 0 Å². The number of hydrogen-bond acceptors (Lipinski definition) is 4. The first-order valence-corrected chi connectivity index (χ1v) is 7.60. The molecule has 0 aromatic heterocycles. The summed E-state index contributed by atoms with van der Waals surface area (Å²) in [7, 11) is -2.62. The second-order valence-corrected chi connectivity index (χ2v) is 5.93. The van der Waals surface area contributed by atoms with Crippen molar-refractivity contribution in [2.24, 2.45) is 5.73 Å². The second-order valence-electron chi connectivity index (χ2n) is 4.27. The topological polar surface area (TPSA) is 81.4 Å². The number of anilines is 1. The summed E-state index contributed by atoms with van der Waals surface area (Å²) in [6.07, 6.45) is 0. The average Bonchev–Trinajstić information content (AvgIpc) is 2.48. The van der Waals surface area contributed by atoms with Gasteiger partial charge in [0, 0.05) is 6.54 Å². The van der Waals surface area contributed by atoms with Crippen LogP contribution in [-0.4, -0.2) is 15.5 Å². The number of ether oxygens (including phenoxy) is 1. The summed E-state index contributed by atoms with van der Waals surface area (Å²) in [5.41, 5.74) is 6.02. The molecule has 2 aromatic rings. The van der Waals surface area contributed by atoms with E-state index in [0.29, 0.717) is 5.56 Å². The van der Waals surface area contributed by atoms with Gasteiger partial charge in [-0.1, -0.05) is 18.2 Å². The molecule has 5 nitrogen and oxygen atoms in total. The molecule has 0 amide bonds. The molecule has 0 spiro atoms. The number of benzene rings is 2. The Morgan fingerprint density at radius 1 is 1.24 bits per heavy atom. The van der Waals surface area contributed by atoms with Crippen LogP contribution in [0.25, 0.3) is 0 Å². The van der Waals surface area contributed by atoms with E-state index in [2.05, 4.69) is 4.72 Å². The fourth-order valence-corrected chi connectivity index (χ4v) is 3.09. The second kappa shape index (κ2) is 6.11. The van der Waals surface area contributed by atoms with Gasteiger partial charge in [-0.05, 0) is 29.8 Å². The van der Waals surface area contributed by atoms with Crippen LogP contribution in [-0.2, 0) is 16.6 Å². The Morgan fingerprint density at radius 2 is 1.95 bits per heavy atom. The number of halogens is 1. The zero-order valence-corrected chi connectivity index (χ0v) is 12.2. The highest BCUT2D eigenvalue weighted by molar-refractivity contribution is 7.92. The van der Waals surface area contributed by atoms with E-state index in [1.54, 1.807) is 6.07 Å². The number of rotatable bonds is 5. The molecule has 0 fully saturated rings. The Labute approximate surface area is 122 Å². The van der Waals surface area contributed by atoms with Crippen molar-refractivity contribution in [3.8, 4) is 5.75 Å². The van der Waals surface area contributed by atoms with Gasteiger partial charge in [0.25, 0.3) is 10.0 Å². The van der Waals surface area contributed by atoms with Crippen LogP contribution in [0.15, 0.2) is 47.4 Å². The summed E-state index contributed by atoms with van der Waals surface area (Å²) >= 11 is 0. The number of hydrogen-bond donors (Lipinski definition) is 2. The molecular weight excluding hydrogens is 295 g/mol. The summed E-state index contributed by atoms with van der Waals surface area (Å²) in [6.45, 7) is 0.187. The summed E-state index contributed by atoms with van der Waals surface area (Å²) in [5, 5.41) is 0. The third kappa shape index (κ3) is 3.32. The van der Waals surface area contributed by atoms with Crippen LogP contribution in [0.1, 0.15) is 5.56 Å². The van der Waals surface area contributed by atoms with Crippen LogP contribution >= 0.6 is 0 Å². The van der Waals surface area contributed by atoms with Crippen molar-refractivity contribution in [2.75, 3.05) is 11.8 Å². The minimum absolute atomic E-state index is 0.0868. The molecule has 0 aliphatic carbocycles. The van der Waals surface area contributed by atoms with Crippen LogP contribution < -0.4 is 15.2 Å². The zero-order chi connectivity index (χ0) is 15.5. The molecule has 0 saturated carbocycles. The van der Waals surface area contributed by atoms with Gasteiger partial charge in [0.05, 0.1) is 12.8 Å². The van der Waals surface area contributed by atoms with E-state index >= 15 is 0 Å². The van der Waals surface area contributed by atoms with Crippen LogP contribution in [0.4, 0.5) is 10.1 Å². The first-order valence-electron chi connectivity index (χ1n) is 6.12. The van der Waals surface area contributed by atoms with Crippen molar-refractivity contribution in [2.45, 2.75) is 11.4 Å². The van der Waals surface area contributed by atoms with Crippen molar-refractivity contribution < 1.29 is 17.5 Å². The van der Waals surface area contributed by atoms with Crippen LogP contribution in [0.3, 0.4) is 0 Å². The fourth-order valence-electron chi connectivity index (χ4n) is 1.80. The van der Waals surface area contributed by atoms with Crippen LogP contribution in [0.2, 0.25) is 0 Å². The van der Waals surface area contributed by atoms with Gasteiger partial charge in [-0.2, -0.15) is 0 Å². The quantitative estimate of drug-likeness (QED) is 0.886. The maximum atomic E-state index is 13.6. The van der Waals surface area contributed by atoms with Gasteiger partial charge >= 0.3 is 0 Å². The number of sulfonamides is 1. The summed E-state index contributed by atoms with van der Waals surface area (Å²) in [6, 6.07) is 10.1. The largest absolute Gasteiger partial charge is 0.495 e. The molecule has 2 rings (SSSR count). The molecule has 0 radical (unpaired) electrons. The summed E-state index contributed by atoms with van der Waals surface area (Å²) in [4.78, 5) is -0.0868. The molecule has 0 aliphatic heterocycles. The molecule has 112 valence electrons. The van der Waals surface area contributed by atoms with Gasteiger partial charge in [-0.25, -0.2) is 12.8 Å². The molecular formula is C14H15FN2O3S. The minimum Gasteiger partial charge on any atom is -0.495 e. The van der Waals surface area contributed by atoms with Crippen molar-refractivity contribution in [3.63, 3.8) is 0 Å². The smallest absolute Gasteiger partial charge is 0.265 e. The van der Waals surface area contributed by atoms with Crippen molar-refractivity contribution in [1.29, 1.82) is 0 Å². The van der Waals surface area contributed by atoms with Gasteiger partial charge in [0.1, 0.15) is 16.5 Å². The number of para-hydroxylation sites is 1. The lowest BCUT2D eigenvalue weighted by Crippen LogP contribution is -2.15. The van der Waals surface area contributed by atoms with E-state index in [4.69, 9.17) is 10.5 Å². The molecule has 0 unspecified atom stereocenters. The Kier molecular flexibility index (Phi) is 4.44. The van der Waals surface area contributed by atoms with E-state index in [1.807, 2.05) is 0 Å². The normalized spacial score (nSPS) is 11.2. The lowest BCUT2D eigenvalue weighted by atomic mass is 10.2. The number of nitrogens with two attached hydrogens (primary N) is 1. The fraction of sp³-hybridized carbons (Fsp3) is 0.143. The monoisotopic (exact) mass is 310 g/mol. The molecule has 0 atom stereocenters. The van der Waals surface area contributed by atoms with Gasteiger partial charge < -0.3 is 10.5 Å². The first-order chi connectivity index (χ1) is 9.97. The standard InChI is InChI=1S/C14H15FN2O3S/c1-20-13-7-6-10(9-16)8-14(13)21(18,19)17-12-5-3-2-4-11(12)15/h2-8,17H,9,16H2,1H3. The molecule has 21 heavy (non-hydrogen) atoms. The Hall–Kier alpha value is -2.12. The molecule has 3 N–H and O–H groups in total. The third-order valence-electron chi connectivity index (χ3n) is 2.87. The molecule has 7 heteroatoms. The lowest BCUT2D eigenvalue weighted by molar-refractivity contribution is 0.402. The minimum atomic E-state index is -3.98. The van der Waals surface area contributed by atoms with Crippen LogP contribution in [0.5, 0.6) is 5.75 Å². The van der Waals surface area contributed by atoms with E-state index < -0.39 is 15.8 Å². The van der Waals surface area contributed by atoms with E-state index in [-0.39, 0.29) is 22.9 Å². The third-order valence-corrected chi connectivity index (χ3v) is 4.26. The first kappa shape index (κ1) is 15.3. The SMILES string of the molecule is COc1ccc(CN)cc1S(=O)(=O)Nc1ccccc1F. The van der Waals surface area contributed by atoms with Gasteiger partial charge in [0.2, 0.25) is 0 Å². The van der Waals surface area contributed by atoms with Crippen molar-refractivity contribution in [1.82, 2.24) is 0 Å². The Morgan fingerprint density at radius 3 is 2.57 bits per heavy atom. The van der Waals surface area contributed by atoms with E-state index in [9.17, 15) is 12.8 Å². The number of nitrogens with one attached hydrogen (secondary N) is 1. The highest BCUT2D eigenvalue weighted by atomic mass is 32.2. The maximum absolute atomic E-state index is 13.6. The highest BCUT2D eigenvalue weighted by Gasteiger charge is 2.21. The molecule has 0 saturated heterocycles. The Balaban J connectivity index is 2.46. The molecule has 0 heterocycles. The van der Waals surface area contributed by atoms with Crippen molar-refractivity contribution in [3.05, 3.63) is 53.8 Å². The predicted molar refractivity (Wildman–Crippen MR) is 78.1 cm³/mol. The molecule has 0 bridgehead atoms. The molecule has 2 aromatic carbocycles. The number of methoxy groups -OCH3 is 1. The zero-order valence-electron chi connectivity index (χ0n) is 11.3. The van der Waals surface area contributed by atoms with Crippen LogP contribution in [0, 0.1) is 5.82 Å². The highest BCUT2D eigenvalue weighted by Crippen LogP contribution is 2.27. The molecule has 0 aliphatic rings. The average molecular weight is 310 g/mol. The lowest BCUT2D eigenvalue weighted by Gasteiger charge is -2.13. The predicted octanol–water partition coefficient (Wildman–Crippen LogP) is 2.09. The van der Waals surface area contributed by atoms with Gasteiger partial charge in [-0.3, -0.25) is 4.72 Å². The van der Waals surface area contributed by atoms with E-state index in [0.717, 1.165) is 0 Å².